The van der Waals surface area contributed by atoms with Crippen LogP contribution >= 0.6 is 11.6 Å². The molecule has 0 aliphatic heterocycles. The fraction of sp³-hybridized carbons (Fsp3) is 0.167. The van der Waals surface area contributed by atoms with Gasteiger partial charge in [-0.1, -0.05) is 41.9 Å². The molecule has 0 radical (unpaired) electrons. The first-order valence-electron chi connectivity index (χ1n) is 4.66. The number of hydrogen-bond donors (Lipinski definition) is 1. The zero-order valence-electron chi connectivity index (χ0n) is 8.27. The number of aliphatic hydroxyl groups is 1. The first-order valence-corrected chi connectivity index (χ1v) is 5.04. The van der Waals surface area contributed by atoms with Gasteiger partial charge in [-0.15, -0.1) is 0 Å². The van der Waals surface area contributed by atoms with Crippen LogP contribution in [0.5, 0.6) is 0 Å². The Labute approximate surface area is 93.1 Å². The first-order chi connectivity index (χ1) is 7.20. The molecule has 2 rings (SSSR count). The van der Waals surface area contributed by atoms with Crippen molar-refractivity contribution in [1.82, 2.24) is 0 Å². The molecule has 0 aliphatic rings. The molecule has 1 aromatic heterocycles. The smallest absolute Gasteiger partial charge is 0.141 e. The average Bonchev–Trinajstić information content (AvgIpc) is 2.60. The van der Waals surface area contributed by atoms with Gasteiger partial charge in [-0.25, -0.2) is 0 Å². The van der Waals surface area contributed by atoms with Crippen LogP contribution in [0.15, 0.2) is 41.0 Å². The highest BCUT2D eigenvalue weighted by Crippen LogP contribution is 2.30. The van der Waals surface area contributed by atoms with Gasteiger partial charge in [-0.05, 0) is 12.5 Å². The van der Waals surface area contributed by atoms with Gasteiger partial charge in [0.05, 0.1) is 5.02 Å². The number of rotatable bonds is 2. The Balaban J connectivity index is 2.37. The number of aliphatic hydroxyl groups excluding tert-OH is 1. The summed E-state index contributed by atoms with van der Waals surface area (Å²) >= 11 is 5.86. The molecular formula is C12H11ClO2. The highest BCUT2D eigenvalue weighted by molar-refractivity contribution is 6.31. The van der Waals surface area contributed by atoms with Crippen LogP contribution in [0.2, 0.25) is 5.02 Å². The van der Waals surface area contributed by atoms with E-state index in [9.17, 15) is 5.11 Å². The molecule has 0 aliphatic carbocycles. The predicted molar refractivity (Wildman–Crippen MR) is 59.0 cm³/mol. The number of hydrogen-bond acceptors (Lipinski definition) is 2. The van der Waals surface area contributed by atoms with Gasteiger partial charge in [0.25, 0.3) is 0 Å². The molecule has 1 unspecified atom stereocenters. The molecule has 1 atom stereocenters. The SMILES string of the molecule is Cc1c(Cl)coc1C(O)c1ccccc1. The maximum Gasteiger partial charge on any atom is 0.141 e. The highest BCUT2D eigenvalue weighted by Gasteiger charge is 2.18. The summed E-state index contributed by atoms with van der Waals surface area (Å²) in [6.45, 7) is 1.83. The van der Waals surface area contributed by atoms with E-state index in [0.717, 1.165) is 11.1 Å². The Morgan fingerprint density at radius 1 is 1.27 bits per heavy atom. The van der Waals surface area contributed by atoms with Gasteiger partial charge in [-0.3, -0.25) is 0 Å². The molecule has 2 aromatic rings. The van der Waals surface area contributed by atoms with Gasteiger partial charge in [0.2, 0.25) is 0 Å². The van der Waals surface area contributed by atoms with E-state index in [1.54, 1.807) is 0 Å². The third kappa shape index (κ3) is 1.91. The minimum atomic E-state index is -0.751. The lowest BCUT2D eigenvalue weighted by Gasteiger charge is -2.08. The van der Waals surface area contributed by atoms with E-state index in [1.165, 1.54) is 6.26 Å². The Morgan fingerprint density at radius 3 is 2.47 bits per heavy atom. The standard InChI is InChI=1S/C12H11ClO2/c1-8-10(13)7-15-12(8)11(14)9-5-3-2-4-6-9/h2-7,11,14H,1H3. The van der Waals surface area contributed by atoms with Gasteiger partial charge in [0, 0.05) is 5.56 Å². The van der Waals surface area contributed by atoms with E-state index in [1.807, 2.05) is 37.3 Å². The van der Waals surface area contributed by atoms with Crippen molar-refractivity contribution >= 4 is 11.6 Å². The molecule has 1 N–H and O–H groups in total. The predicted octanol–water partition coefficient (Wildman–Crippen LogP) is 3.32. The van der Waals surface area contributed by atoms with Gasteiger partial charge < -0.3 is 9.52 Å². The third-order valence-corrected chi connectivity index (χ3v) is 2.75. The molecular weight excluding hydrogens is 212 g/mol. The molecule has 0 fully saturated rings. The van der Waals surface area contributed by atoms with Gasteiger partial charge in [0.15, 0.2) is 0 Å². The van der Waals surface area contributed by atoms with E-state index in [4.69, 9.17) is 16.0 Å². The van der Waals surface area contributed by atoms with Crippen LogP contribution in [0.4, 0.5) is 0 Å². The number of benzene rings is 1. The Bertz CT molecular complexity index is 448. The van der Waals surface area contributed by atoms with Crippen LogP contribution in [-0.2, 0) is 0 Å². The van der Waals surface area contributed by atoms with Crippen molar-refractivity contribution in [3.8, 4) is 0 Å². The molecule has 1 aromatic carbocycles. The fourth-order valence-corrected chi connectivity index (χ4v) is 1.60. The second-order valence-corrected chi connectivity index (χ2v) is 3.79. The summed E-state index contributed by atoms with van der Waals surface area (Å²) < 4.78 is 5.23. The molecule has 1 heterocycles. The second-order valence-electron chi connectivity index (χ2n) is 3.39. The van der Waals surface area contributed by atoms with Gasteiger partial charge >= 0.3 is 0 Å². The second kappa shape index (κ2) is 4.09. The van der Waals surface area contributed by atoms with Crippen LogP contribution in [0.25, 0.3) is 0 Å². The maximum absolute atomic E-state index is 10.0. The highest BCUT2D eigenvalue weighted by atomic mass is 35.5. The van der Waals surface area contributed by atoms with E-state index >= 15 is 0 Å². The summed E-state index contributed by atoms with van der Waals surface area (Å²) in [7, 11) is 0. The first kappa shape index (κ1) is 10.3. The minimum absolute atomic E-state index is 0.506. The molecule has 0 spiro atoms. The lowest BCUT2D eigenvalue weighted by molar-refractivity contribution is 0.188. The lowest BCUT2D eigenvalue weighted by atomic mass is 10.1. The van der Waals surface area contributed by atoms with Crippen LogP contribution < -0.4 is 0 Å². The summed E-state index contributed by atoms with van der Waals surface area (Å²) in [6.07, 6.45) is 0.692. The summed E-state index contributed by atoms with van der Waals surface area (Å²) in [5, 5.41) is 10.6. The van der Waals surface area contributed by atoms with Crippen molar-refractivity contribution < 1.29 is 9.52 Å². The molecule has 15 heavy (non-hydrogen) atoms. The van der Waals surface area contributed by atoms with E-state index in [-0.39, 0.29) is 0 Å². The molecule has 0 bridgehead atoms. The van der Waals surface area contributed by atoms with Crippen molar-refractivity contribution in [1.29, 1.82) is 0 Å². The van der Waals surface area contributed by atoms with Crippen molar-refractivity contribution in [2.75, 3.05) is 0 Å². The zero-order valence-corrected chi connectivity index (χ0v) is 9.03. The van der Waals surface area contributed by atoms with E-state index in [0.29, 0.717) is 10.8 Å². The molecule has 0 saturated carbocycles. The third-order valence-electron chi connectivity index (χ3n) is 2.38. The molecule has 0 saturated heterocycles. The Morgan fingerprint density at radius 2 is 1.93 bits per heavy atom. The molecule has 3 heteroatoms. The Hall–Kier alpha value is -1.25. The van der Waals surface area contributed by atoms with E-state index < -0.39 is 6.10 Å². The quantitative estimate of drug-likeness (QED) is 0.846. The maximum atomic E-state index is 10.0. The summed E-state index contributed by atoms with van der Waals surface area (Å²) in [5.74, 6) is 0.506. The topological polar surface area (TPSA) is 33.4 Å². The summed E-state index contributed by atoms with van der Waals surface area (Å²) in [5.41, 5.74) is 1.58. The monoisotopic (exact) mass is 222 g/mol. The van der Waals surface area contributed by atoms with Crippen molar-refractivity contribution in [2.45, 2.75) is 13.0 Å². The molecule has 2 nitrogen and oxygen atoms in total. The van der Waals surface area contributed by atoms with Crippen molar-refractivity contribution in [2.24, 2.45) is 0 Å². The number of furan rings is 1. The minimum Gasteiger partial charge on any atom is -0.464 e. The van der Waals surface area contributed by atoms with Crippen LogP contribution in [-0.4, -0.2) is 5.11 Å². The lowest BCUT2D eigenvalue weighted by Crippen LogP contribution is -1.99. The molecule has 78 valence electrons. The van der Waals surface area contributed by atoms with Crippen molar-refractivity contribution in [3.63, 3.8) is 0 Å². The fourth-order valence-electron chi connectivity index (χ4n) is 1.47. The normalized spacial score (nSPS) is 12.7. The van der Waals surface area contributed by atoms with Crippen molar-refractivity contribution in [3.05, 3.63) is 58.5 Å². The largest absolute Gasteiger partial charge is 0.464 e. The van der Waals surface area contributed by atoms with E-state index in [2.05, 4.69) is 0 Å². The summed E-state index contributed by atoms with van der Waals surface area (Å²) in [4.78, 5) is 0. The zero-order chi connectivity index (χ0) is 10.8. The van der Waals surface area contributed by atoms with Crippen LogP contribution in [0, 0.1) is 6.92 Å². The number of halogens is 1. The Kier molecular flexibility index (Phi) is 2.80. The average molecular weight is 223 g/mol. The van der Waals surface area contributed by atoms with Crippen LogP contribution in [0.1, 0.15) is 23.0 Å². The summed E-state index contributed by atoms with van der Waals surface area (Å²) in [6, 6.07) is 9.34. The van der Waals surface area contributed by atoms with Crippen LogP contribution in [0.3, 0.4) is 0 Å². The van der Waals surface area contributed by atoms with Gasteiger partial charge in [0.1, 0.15) is 18.1 Å². The van der Waals surface area contributed by atoms with Gasteiger partial charge in [-0.2, -0.15) is 0 Å². The molecule has 0 amide bonds.